The van der Waals surface area contributed by atoms with Gasteiger partial charge in [0.15, 0.2) is 0 Å². The maximum absolute atomic E-state index is 12.4. The van der Waals surface area contributed by atoms with Gasteiger partial charge in [0.05, 0.1) is 0 Å². The fourth-order valence-electron chi connectivity index (χ4n) is 2.31. The molecule has 0 aromatic carbocycles. The Labute approximate surface area is 115 Å². The third kappa shape index (κ3) is 4.57. The first-order valence-corrected chi connectivity index (χ1v) is 6.61. The Morgan fingerprint density at radius 3 is 2.45 bits per heavy atom. The SMILES string of the molecule is CCN(CC(F)(F)F)C(=O)N1CCCCCC1C(=O)O. The fourth-order valence-corrected chi connectivity index (χ4v) is 2.31. The number of likely N-dealkylation sites (tertiary alicyclic amines) is 1. The van der Waals surface area contributed by atoms with Crippen LogP contribution in [-0.2, 0) is 4.79 Å². The molecule has 0 saturated carbocycles. The summed E-state index contributed by atoms with van der Waals surface area (Å²) in [6, 6.07) is -1.88. The molecule has 0 aromatic rings. The number of carbonyl (C=O) groups excluding carboxylic acids is 1. The number of aliphatic carboxylic acids is 1. The second kappa shape index (κ2) is 6.81. The van der Waals surface area contributed by atoms with Gasteiger partial charge in [0.25, 0.3) is 0 Å². The van der Waals surface area contributed by atoms with Crippen molar-refractivity contribution in [2.75, 3.05) is 19.6 Å². The maximum atomic E-state index is 12.4. The standard InChI is InChI=1S/C12H19F3N2O3/c1-2-16(8-12(13,14)15)11(20)17-7-5-3-4-6-9(17)10(18)19/h9H,2-8H2,1H3,(H,18,19). The molecule has 0 aliphatic carbocycles. The summed E-state index contributed by atoms with van der Waals surface area (Å²) in [5, 5.41) is 9.13. The number of alkyl halides is 3. The lowest BCUT2D eigenvalue weighted by molar-refractivity contribution is -0.144. The molecule has 2 amide bonds. The van der Waals surface area contributed by atoms with Crippen LogP contribution in [0, 0.1) is 0 Å². The average molecular weight is 296 g/mol. The van der Waals surface area contributed by atoms with Crippen LogP contribution in [0.5, 0.6) is 0 Å². The first kappa shape index (κ1) is 16.6. The summed E-state index contributed by atoms with van der Waals surface area (Å²) in [5.41, 5.74) is 0. The fraction of sp³-hybridized carbons (Fsp3) is 0.833. The molecular weight excluding hydrogens is 277 g/mol. The van der Waals surface area contributed by atoms with Crippen LogP contribution in [0.3, 0.4) is 0 Å². The highest BCUT2D eigenvalue weighted by molar-refractivity contribution is 5.82. The van der Waals surface area contributed by atoms with E-state index >= 15 is 0 Å². The van der Waals surface area contributed by atoms with E-state index in [2.05, 4.69) is 0 Å². The first-order chi connectivity index (χ1) is 9.26. The zero-order chi connectivity index (χ0) is 15.3. The van der Waals surface area contributed by atoms with Gasteiger partial charge in [0.2, 0.25) is 0 Å². The molecule has 1 atom stereocenters. The number of amides is 2. The molecule has 116 valence electrons. The summed E-state index contributed by atoms with van der Waals surface area (Å²) in [5.74, 6) is -1.16. The Bertz CT molecular complexity index is 360. The van der Waals surface area contributed by atoms with Crippen LogP contribution in [0.15, 0.2) is 0 Å². The highest BCUT2D eigenvalue weighted by Gasteiger charge is 2.37. The lowest BCUT2D eigenvalue weighted by atomic mass is 10.1. The molecule has 20 heavy (non-hydrogen) atoms. The third-order valence-corrected chi connectivity index (χ3v) is 3.31. The Morgan fingerprint density at radius 1 is 1.30 bits per heavy atom. The van der Waals surface area contributed by atoms with Crippen LogP contribution in [0.25, 0.3) is 0 Å². The Balaban J connectivity index is 2.86. The molecule has 1 rings (SSSR count). The van der Waals surface area contributed by atoms with Crippen LogP contribution in [0.2, 0.25) is 0 Å². The molecule has 0 bridgehead atoms. The number of hydrogen-bond donors (Lipinski definition) is 1. The normalized spacial score (nSPS) is 20.4. The smallest absolute Gasteiger partial charge is 0.406 e. The van der Waals surface area contributed by atoms with Crippen molar-refractivity contribution >= 4 is 12.0 Å². The molecule has 1 aliphatic heterocycles. The molecule has 1 aliphatic rings. The minimum Gasteiger partial charge on any atom is -0.480 e. The van der Waals surface area contributed by atoms with E-state index in [4.69, 9.17) is 5.11 Å². The van der Waals surface area contributed by atoms with Gasteiger partial charge in [-0.1, -0.05) is 12.8 Å². The predicted molar refractivity (Wildman–Crippen MR) is 65.3 cm³/mol. The van der Waals surface area contributed by atoms with Gasteiger partial charge < -0.3 is 14.9 Å². The zero-order valence-corrected chi connectivity index (χ0v) is 11.3. The van der Waals surface area contributed by atoms with Crippen LogP contribution >= 0.6 is 0 Å². The number of carboxylic acids is 1. The van der Waals surface area contributed by atoms with Gasteiger partial charge in [0.1, 0.15) is 12.6 Å². The minimum absolute atomic E-state index is 0.110. The van der Waals surface area contributed by atoms with Crippen molar-refractivity contribution in [2.45, 2.75) is 44.8 Å². The van der Waals surface area contributed by atoms with E-state index in [0.29, 0.717) is 17.7 Å². The molecule has 1 fully saturated rings. The molecule has 0 aromatic heterocycles. The lowest BCUT2D eigenvalue weighted by Crippen LogP contribution is -2.52. The third-order valence-electron chi connectivity index (χ3n) is 3.31. The van der Waals surface area contributed by atoms with E-state index in [1.54, 1.807) is 0 Å². The van der Waals surface area contributed by atoms with Crippen molar-refractivity contribution in [1.29, 1.82) is 0 Å². The molecule has 1 N–H and O–H groups in total. The summed E-state index contributed by atoms with van der Waals surface area (Å²) in [7, 11) is 0. The highest BCUT2D eigenvalue weighted by Crippen LogP contribution is 2.21. The quantitative estimate of drug-likeness (QED) is 0.869. The van der Waals surface area contributed by atoms with Crippen LogP contribution < -0.4 is 0 Å². The average Bonchev–Trinajstić information content (AvgIpc) is 2.59. The molecule has 0 radical (unpaired) electrons. The van der Waals surface area contributed by atoms with Gasteiger partial charge >= 0.3 is 18.2 Å². The molecule has 1 saturated heterocycles. The zero-order valence-electron chi connectivity index (χ0n) is 11.3. The number of hydrogen-bond acceptors (Lipinski definition) is 2. The van der Waals surface area contributed by atoms with Crippen molar-refractivity contribution in [3.05, 3.63) is 0 Å². The Morgan fingerprint density at radius 2 is 1.95 bits per heavy atom. The van der Waals surface area contributed by atoms with E-state index in [1.807, 2.05) is 0 Å². The Hall–Kier alpha value is -1.47. The van der Waals surface area contributed by atoms with Gasteiger partial charge in [-0.3, -0.25) is 0 Å². The lowest BCUT2D eigenvalue weighted by Gasteiger charge is -2.33. The second-order valence-electron chi connectivity index (χ2n) is 4.81. The number of urea groups is 1. The van der Waals surface area contributed by atoms with Crippen LogP contribution in [-0.4, -0.2) is 58.8 Å². The van der Waals surface area contributed by atoms with Crippen molar-refractivity contribution in [3.8, 4) is 0 Å². The number of carbonyl (C=O) groups is 2. The van der Waals surface area contributed by atoms with Crippen LogP contribution in [0.4, 0.5) is 18.0 Å². The summed E-state index contributed by atoms with van der Waals surface area (Å²) < 4.78 is 37.3. The number of rotatable bonds is 3. The van der Waals surface area contributed by atoms with Crippen molar-refractivity contribution in [2.24, 2.45) is 0 Å². The van der Waals surface area contributed by atoms with E-state index in [9.17, 15) is 22.8 Å². The summed E-state index contributed by atoms with van der Waals surface area (Å²) in [6.07, 6.45) is -2.16. The van der Waals surface area contributed by atoms with Gasteiger partial charge in [-0.15, -0.1) is 0 Å². The predicted octanol–water partition coefficient (Wildman–Crippen LogP) is 2.32. The molecular formula is C12H19F3N2O3. The highest BCUT2D eigenvalue weighted by atomic mass is 19.4. The Kier molecular flexibility index (Phi) is 5.64. The second-order valence-corrected chi connectivity index (χ2v) is 4.81. The topological polar surface area (TPSA) is 60.9 Å². The van der Waals surface area contributed by atoms with Gasteiger partial charge in [0, 0.05) is 13.1 Å². The van der Waals surface area contributed by atoms with Gasteiger partial charge in [-0.2, -0.15) is 13.2 Å². The van der Waals surface area contributed by atoms with Gasteiger partial charge in [-0.05, 0) is 19.8 Å². The number of nitrogens with zero attached hydrogens (tertiary/aromatic N) is 2. The number of carboxylic acid groups (broad SMARTS) is 1. The molecule has 8 heteroatoms. The van der Waals surface area contributed by atoms with Crippen molar-refractivity contribution in [1.82, 2.24) is 9.80 Å². The van der Waals surface area contributed by atoms with Crippen molar-refractivity contribution in [3.63, 3.8) is 0 Å². The van der Waals surface area contributed by atoms with Crippen molar-refractivity contribution < 1.29 is 27.9 Å². The maximum Gasteiger partial charge on any atom is 0.406 e. The first-order valence-electron chi connectivity index (χ1n) is 6.61. The van der Waals surface area contributed by atoms with Gasteiger partial charge in [-0.25, -0.2) is 9.59 Å². The van der Waals surface area contributed by atoms with E-state index in [-0.39, 0.29) is 19.5 Å². The van der Waals surface area contributed by atoms with E-state index < -0.39 is 30.8 Å². The van der Waals surface area contributed by atoms with E-state index in [0.717, 1.165) is 11.3 Å². The largest absolute Gasteiger partial charge is 0.480 e. The molecule has 1 unspecified atom stereocenters. The minimum atomic E-state index is -4.49. The summed E-state index contributed by atoms with van der Waals surface area (Å²) >= 11 is 0. The number of halogens is 3. The molecule has 5 nitrogen and oxygen atoms in total. The van der Waals surface area contributed by atoms with E-state index in [1.165, 1.54) is 6.92 Å². The monoisotopic (exact) mass is 296 g/mol. The summed E-state index contributed by atoms with van der Waals surface area (Å²) in [4.78, 5) is 25.0. The van der Waals surface area contributed by atoms with Crippen LogP contribution in [0.1, 0.15) is 32.6 Å². The molecule has 1 heterocycles. The summed E-state index contributed by atoms with van der Waals surface area (Å²) in [6.45, 7) is 0.160. The molecule has 0 spiro atoms.